The van der Waals surface area contributed by atoms with Gasteiger partial charge in [0.15, 0.2) is 0 Å². The van der Waals surface area contributed by atoms with Gasteiger partial charge >= 0.3 is 5.91 Å². The maximum Gasteiger partial charge on any atom is 0.312 e. The SMILES string of the molecule is C=CCCC(=C)C(=O)N=O. The molecule has 0 saturated heterocycles. The zero-order valence-electron chi connectivity index (χ0n) is 5.67. The highest BCUT2D eigenvalue weighted by atomic mass is 16.3. The minimum absolute atomic E-state index is 0.245. The highest BCUT2D eigenvalue weighted by Gasteiger charge is 2.03. The Morgan fingerprint density at radius 3 is 2.60 bits per heavy atom. The molecule has 0 N–H and O–H groups in total. The van der Waals surface area contributed by atoms with Crippen molar-refractivity contribution in [2.75, 3.05) is 0 Å². The molecule has 54 valence electrons. The number of hydrogen-bond acceptors (Lipinski definition) is 2. The third-order valence-corrected chi connectivity index (χ3v) is 1.04. The molecule has 0 unspecified atom stereocenters. The summed E-state index contributed by atoms with van der Waals surface area (Å²) in [6.45, 7) is 6.83. The third-order valence-electron chi connectivity index (χ3n) is 1.04. The summed E-state index contributed by atoms with van der Waals surface area (Å²) in [6.07, 6.45) is 2.78. The first-order valence-electron chi connectivity index (χ1n) is 2.88. The number of amides is 1. The molecule has 0 fully saturated rings. The lowest BCUT2D eigenvalue weighted by atomic mass is 10.1. The molecule has 0 aliphatic rings. The topological polar surface area (TPSA) is 46.5 Å². The zero-order chi connectivity index (χ0) is 7.98. The predicted molar refractivity (Wildman–Crippen MR) is 39.4 cm³/mol. The minimum Gasteiger partial charge on any atom is -0.264 e. The predicted octanol–water partition coefficient (Wildman–Crippen LogP) is 1.80. The van der Waals surface area contributed by atoms with Gasteiger partial charge in [-0.2, -0.15) is 0 Å². The maximum atomic E-state index is 10.4. The normalized spacial score (nSPS) is 8.40. The molecule has 0 spiro atoms. The van der Waals surface area contributed by atoms with Crippen LogP contribution in [0.25, 0.3) is 0 Å². The number of nitrogens with zero attached hydrogens (tertiary/aromatic N) is 1. The second-order valence-corrected chi connectivity index (χ2v) is 1.83. The van der Waals surface area contributed by atoms with Gasteiger partial charge in [-0.15, -0.1) is 11.5 Å². The Balaban J connectivity index is 3.73. The number of hydrogen-bond donors (Lipinski definition) is 0. The molecule has 0 aliphatic heterocycles. The monoisotopic (exact) mass is 139 g/mol. The fourth-order valence-corrected chi connectivity index (χ4v) is 0.448. The molecule has 3 nitrogen and oxygen atoms in total. The van der Waals surface area contributed by atoms with Gasteiger partial charge in [0.25, 0.3) is 0 Å². The van der Waals surface area contributed by atoms with Crippen LogP contribution in [0.4, 0.5) is 0 Å². The van der Waals surface area contributed by atoms with Crippen molar-refractivity contribution in [2.45, 2.75) is 12.8 Å². The number of rotatable bonds is 4. The molecule has 0 atom stereocenters. The van der Waals surface area contributed by atoms with Gasteiger partial charge < -0.3 is 0 Å². The van der Waals surface area contributed by atoms with Crippen molar-refractivity contribution in [1.82, 2.24) is 0 Å². The molecule has 0 radical (unpaired) electrons. The second kappa shape index (κ2) is 4.61. The van der Waals surface area contributed by atoms with Crippen LogP contribution in [0.3, 0.4) is 0 Å². The summed E-state index contributed by atoms with van der Waals surface area (Å²) in [5.74, 6) is -0.762. The summed E-state index contributed by atoms with van der Waals surface area (Å²) < 4.78 is 0. The standard InChI is InChI=1S/C7H9NO2/c1-3-4-5-6(2)7(9)8-10/h3H,1-2,4-5H2. The quantitative estimate of drug-likeness (QED) is 0.338. The van der Waals surface area contributed by atoms with Gasteiger partial charge in [-0.3, -0.25) is 4.79 Å². The van der Waals surface area contributed by atoms with E-state index in [-0.39, 0.29) is 5.57 Å². The van der Waals surface area contributed by atoms with Crippen LogP contribution in [0.5, 0.6) is 0 Å². The van der Waals surface area contributed by atoms with Crippen LogP contribution in [-0.2, 0) is 4.79 Å². The van der Waals surface area contributed by atoms with Crippen molar-refractivity contribution in [3.05, 3.63) is 29.7 Å². The molecule has 0 aromatic carbocycles. The van der Waals surface area contributed by atoms with Crippen molar-refractivity contribution in [3.63, 3.8) is 0 Å². The minimum atomic E-state index is -0.762. The van der Waals surface area contributed by atoms with E-state index in [9.17, 15) is 9.70 Å². The Bertz CT molecular complexity index is 172. The lowest BCUT2D eigenvalue weighted by Crippen LogP contribution is -1.94. The van der Waals surface area contributed by atoms with Crippen LogP contribution < -0.4 is 0 Å². The van der Waals surface area contributed by atoms with Gasteiger partial charge in [-0.05, 0) is 12.8 Å². The summed E-state index contributed by atoms with van der Waals surface area (Å²) in [5.41, 5.74) is 0.245. The average Bonchev–Trinajstić information content (AvgIpc) is 1.98. The summed E-state index contributed by atoms with van der Waals surface area (Å²) in [7, 11) is 0. The van der Waals surface area contributed by atoms with Gasteiger partial charge in [-0.1, -0.05) is 12.7 Å². The number of carbonyl (C=O) groups is 1. The zero-order valence-corrected chi connectivity index (χ0v) is 5.67. The highest BCUT2D eigenvalue weighted by Crippen LogP contribution is 2.03. The van der Waals surface area contributed by atoms with Crippen molar-refractivity contribution >= 4 is 5.91 Å². The summed E-state index contributed by atoms with van der Waals surface area (Å²) in [5, 5.41) is 2.22. The lowest BCUT2D eigenvalue weighted by molar-refractivity contribution is -0.114. The Labute approximate surface area is 59.4 Å². The fraction of sp³-hybridized carbons (Fsp3) is 0.286. The molecular formula is C7H9NO2. The number of nitroso groups, excluding NO2 is 1. The van der Waals surface area contributed by atoms with Crippen LogP contribution >= 0.6 is 0 Å². The Kier molecular flexibility index (Phi) is 4.04. The molecule has 0 saturated carbocycles. The van der Waals surface area contributed by atoms with Gasteiger partial charge in [0.1, 0.15) is 0 Å². The molecule has 3 heteroatoms. The Morgan fingerprint density at radius 1 is 1.60 bits per heavy atom. The number of carbonyl (C=O) groups excluding carboxylic acids is 1. The molecule has 10 heavy (non-hydrogen) atoms. The van der Waals surface area contributed by atoms with E-state index in [1.54, 1.807) is 6.08 Å². The van der Waals surface area contributed by atoms with Crippen LogP contribution in [-0.4, -0.2) is 5.91 Å². The Morgan fingerprint density at radius 2 is 2.20 bits per heavy atom. The number of allylic oxidation sites excluding steroid dienone is 1. The van der Waals surface area contributed by atoms with Crippen LogP contribution in [0.1, 0.15) is 12.8 Å². The smallest absolute Gasteiger partial charge is 0.264 e. The highest BCUT2D eigenvalue weighted by molar-refractivity contribution is 5.93. The molecular weight excluding hydrogens is 130 g/mol. The molecule has 0 aromatic rings. The van der Waals surface area contributed by atoms with Crippen LogP contribution in [0, 0.1) is 4.91 Å². The van der Waals surface area contributed by atoms with Gasteiger partial charge in [0.05, 0.1) is 0 Å². The molecule has 0 aromatic heterocycles. The molecule has 1 amide bonds. The summed E-state index contributed by atoms with van der Waals surface area (Å²) in [4.78, 5) is 20.0. The largest absolute Gasteiger partial charge is 0.312 e. The van der Waals surface area contributed by atoms with E-state index in [0.717, 1.165) is 0 Å². The fourth-order valence-electron chi connectivity index (χ4n) is 0.448. The van der Waals surface area contributed by atoms with Crippen molar-refractivity contribution in [2.24, 2.45) is 5.18 Å². The van der Waals surface area contributed by atoms with E-state index in [1.807, 2.05) is 0 Å². The van der Waals surface area contributed by atoms with E-state index in [1.165, 1.54) is 0 Å². The summed E-state index contributed by atoms with van der Waals surface area (Å²) in [6, 6.07) is 0. The lowest BCUT2D eigenvalue weighted by Gasteiger charge is -1.92. The van der Waals surface area contributed by atoms with Gasteiger partial charge in [0, 0.05) is 10.7 Å². The average molecular weight is 139 g/mol. The Hall–Kier alpha value is -1.25. The van der Waals surface area contributed by atoms with E-state index >= 15 is 0 Å². The van der Waals surface area contributed by atoms with E-state index < -0.39 is 5.91 Å². The van der Waals surface area contributed by atoms with Crippen LogP contribution in [0.15, 0.2) is 30.0 Å². The van der Waals surface area contributed by atoms with Crippen molar-refractivity contribution in [3.8, 4) is 0 Å². The van der Waals surface area contributed by atoms with Crippen molar-refractivity contribution < 1.29 is 4.79 Å². The second-order valence-electron chi connectivity index (χ2n) is 1.83. The first-order valence-corrected chi connectivity index (χ1v) is 2.88. The van der Waals surface area contributed by atoms with E-state index in [4.69, 9.17) is 0 Å². The third kappa shape index (κ3) is 2.91. The molecule has 0 aliphatic carbocycles. The van der Waals surface area contributed by atoms with Gasteiger partial charge in [-0.25, -0.2) is 0 Å². The summed E-state index contributed by atoms with van der Waals surface area (Å²) >= 11 is 0. The van der Waals surface area contributed by atoms with Crippen molar-refractivity contribution in [1.29, 1.82) is 0 Å². The maximum absolute atomic E-state index is 10.4. The van der Waals surface area contributed by atoms with E-state index in [2.05, 4.69) is 18.3 Å². The van der Waals surface area contributed by atoms with E-state index in [0.29, 0.717) is 12.8 Å². The van der Waals surface area contributed by atoms with Gasteiger partial charge in [0.2, 0.25) is 0 Å². The van der Waals surface area contributed by atoms with Crippen LogP contribution in [0.2, 0.25) is 0 Å². The first-order chi connectivity index (χ1) is 4.72. The first kappa shape index (κ1) is 8.75. The molecule has 0 rings (SSSR count). The molecule has 0 heterocycles. The molecule has 0 bridgehead atoms.